The molecule has 9 heteroatoms. The molecule has 0 saturated carbocycles. The van der Waals surface area contributed by atoms with Crippen LogP contribution in [0.1, 0.15) is 45.0 Å². The van der Waals surface area contributed by atoms with Gasteiger partial charge in [-0.3, -0.25) is 14.7 Å². The van der Waals surface area contributed by atoms with Crippen LogP contribution < -0.4 is 4.90 Å². The normalized spacial score (nSPS) is 15.3. The van der Waals surface area contributed by atoms with Gasteiger partial charge in [0.05, 0.1) is 22.5 Å². The van der Waals surface area contributed by atoms with Crippen LogP contribution in [0.3, 0.4) is 0 Å². The number of esters is 1. The van der Waals surface area contributed by atoms with Crippen molar-refractivity contribution in [2.24, 2.45) is 4.99 Å². The Kier molecular flexibility index (Phi) is 6.44. The zero-order valence-electron chi connectivity index (χ0n) is 17.2. The van der Waals surface area contributed by atoms with E-state index >= 15 is 0 Å². The van der Waals surface area contributed by atoms with Crippen LogP contribution in [0.5, 0.6) is 0 Å². The van der Waals surface area contributed by atoms with Crippen LogP contribution in [0.25, 0.3) is 0 Å². The highest BCUT2D eigenvalue weighted by atomic mass is 79.9. The van der Waals surface area contributed by atoms with E-state index < -0.39 is 18.2 Å². The number of cyclic esters (lactones) is 1. The van der Waals surface area contributed by atoms with Crippen molar-refractivity contribution in [2.45, 2.75) is 13.2 Å². The Bertz CT molecular complexity index is 1320. The molecule has 7 nitrogen and oxygen atoms in total. The zero-order valence-corrected chi connectivity index (χ0v) is 20.3. The number of carboxylic acid groups (broad SMARTS) is 1. The van der Waals surface area contributed by atoms with Crippen molar-refractivity contribution in [3.63, 3.8) is 0 Å². The number of ether oxygens (including phenoxy) is 1. The van der Waals surface area contributed by atoms with E-state index in [1.807, 2.05) is 0 Å². The number of carboxylic acids is 1. The van der Waals surface area contributed by atoms with Gasteiger partial charge in [-0.15, -0.1) is 0 Å². The summed E-state index contributed by atoms with van der Waals surface area (Å²) in [5.74, 6) is -1.96. The number of carbonyl (C=O) groups is 3. The molecule has 1 aliphatic rings. The quantitative estimate of drug-likeness (QED) is 0.311. The number of anilines is 1. The number of amides is 1. The molecule has 4 rings (SSSR count). The predicted octanol–water partition coefficient (Wildman–Crippen LogP) is 5.88. The number of aromatic carboxylic acids is 1. The van der Waals surface area contributed by atoms with E-state index in [0.717, 1.165) is 0 Å². The van der Waals surface area contributed by atoms with Crippen LogP contribution in [-0.2, 0) is 9.53 Å². The molecule has 1 amide bonds. The topological polar surface area (TPSA) is 96.3 Å². The summed E-state index contributed by atoms with van der Waals surface area (Å²) < 4.78 is 6.99. The first kappa shape index (κ1) is 22.9. The Hall–Kier alpha value is -3.30. The van der Waals surface area contributed by atoms with E-state index in [9.17, 15) is 19.5 Å². The van der Waals surface area contributed by atoms with E-state index in [0.29, 0.717) is 25.8 Å². The van der Waals surface area contributed by atoms with E-state index in [1.54, 1.807) is 54.6 Å². The summed E-state index contributed by atoms with van der Waals surface area (Å²) >= 11 is 6.60. The second-order valence-electron chi connectivity index (χ2n) is 7.16. The van der Waals surface area contributed by atoms with E-state index in [4.69, 9.17) is 4.74 Å². The van der Waals surface area contributed by atoms with E-state index in [-0.39, 0.29) is 22.7 Å². The SMILES string of the molecule is CC(=O)N1c2ccc(Br)cc2C(=O)OC1c1ccccc1C=Nc1ccc(Br)cc1C(=O)O. The molecule has 0 bridgehead atoms. The van der Waals surface area contributed by atoms with Gasteiger partial charge in [0.15, 0.2) is 0 Å². The largest absolute Gasteiger partial charge is 0.478 e. The van der Waals surface area contributed by atoms with Gasteiger partial charge in [0.1, 0.15) is 0 Å². The second kappa shape index (κ2) is 9.29. The van der Waals surface area contributed by atoms with Crippen molar-refractivity contribution in [1.29, 1.82) is 0 Å². The summed E-state index contributed by atoms with van der Waals surface area (Å²) in [4.78, 5) is 42.7. The zero-order chi connectivity index (χ0) is 23.7. The molecule has 0 spiro atoms. The van der Waals surface area contributed by atoms with Gasteiger partial charge in [0.2, 0.25) is 12.1 Å². The van der Waals surface area contributed by atoms with Crippen molar-refractivity contribution in [2.75, 3.05) is 4.90 Å². The molecule has 0 aromatic heterocycles. The van der Waals surface area contributed by atoms with Crippen molar-refractivity contribution in [3.8, 4) is 0 Å². The summed E-state index contributed by atoms with van der Waals surface area (Å²) in [6.07, 6.45) is 0.490. The smallest absolute Gasteiger partial charge is 0.342 e. The molecule has 1 atom stereocenters. The highest BCUT2D eigenvalue weighted by Crippen LogP contribution is 2.39. The van der Waals surface area contributed by atoms with Gasteiger partial charge < -0.3 is 9.84 Å². The number of benzene rings is 3. The molecule has 1 unspecified atom stereocenters. The van der Waals surface area contributed by atoms with Gasteiger partial charge in [0.25, 0.3) is 0 Å². The molecule has 166 valence electrons. The Morgan fingerprint density at radius 1 is 1.06 bits per heavy atom. The lowest BCUT2D eigenvalue weighted by atomic mass is 10.0. The third-order valence-electron chi connectivity index (χ3n) is 5.02. The van der Waals surface area contributed by atoms with Gasteiger partial charge in [0, 0.05) is 33.2 Å². The number of nitrogens with zero attached hydrogens (tertiary/aromatic N) is 2. The number of hydrogen-bond donors (Lipinski definition) is 1. The molecule has 0 aliphatic carbocycles. The summed E-state index contributed by atoms with van der Waals surface area (Å²) in [5.41, 5.74) is 2.13. The minimum Gasteiger partial charge on any atom is -0.478 e. The van der Waals surface area contributed by atoms with Crippen molar-refractivity contribution in [1.82, 2.24) is 0 Å². The van der Waals surface area contributed by atoms with Crippen LogP contribution in [0.15, 0.2) is 74.6 Å². The van der Waals surface area contributed by atoms with Crippen LogP contribution in [0, 0.1) is 0 Å². The van der Waals surface area contributed by atoms with Crippen LogP contribution in [0.4, 0.5) is 11.4 Å². The molecule has 1 N–H and O–H groups in total. The fourth-order valence-electron chi connectivity index (χ4n) is 3.55. The van der Waals surface area contributed by atoms with Gasteiger partial charge in [-0.1, -0.05) is 56.1 Å². The maximum atomic E-state index is 12.7. The highest BCUT2D eigenvalue weighted by Gasteiger charge is 2.37. The van der Waals surface area contributed by atoms with E-state index in [2.05, 4.69) is 36.9 Å². The molecular weight excluding hydrogens is 556 g/mol. The minimum absolute atomic E-state index is 0.0343. The minimum atomic E-state index is -1.11. The Morgan fingerprint density at radius 2 is 1.76 bits per heavy atom. The van der Waals surface area contributed by atoms with Crippen LogP contribution in [0.2, 0.25) is 0 Å². The van der Waals surface area contributed by atoms with Crippen molar-refractivity contribution < 1.29 is 24.2 Å². The molecule has 1 aliphatic heterocycles. The maximum absolute atomic E-state index is 12.7. The summed E-state index contributed by atoms with van der Waals surface area (Å²) in [5, 5.41) is 9.48. The first-order valence-electron chi connectivity index (χ1n) is 9.72. The Labute approximate surface area is 206 Å². The third kappa shape index (κ3) is 4.60. The summed E-state index contributed by atoms with van der Waals surface area (Å²) in [6.45, 7) is 1.40. The number of aliphatic imine (C=N–C) groups is 1. The van der Waals surface area contributed by atoms with Gasteiger partial charge in [-0.2, -0.15) is 0 Å². The molecule has 0 fully saturated rings. The van der Waals surface area contributed by atoms with Gasteiger partial charge >= 0.3 is 11.9 Å². The predicted molar refractivity (Wildman–Crippen MR) is 130 cm³/mol. The molecule has 1 heterocycles. The summed E-state index contributed by atoms with van der Waals surface area (Å²) in [6, 6.07) is 16.8. The lowest BCUT2D eigenvalue weighted by Crippen LogP contribution is -2.41. The van der Waals surface area contributed by atoms with Crippen molar-refractivity contribution in [3.05, 3.63) is 91.9 Å². The summed E-state index contributed by atoms with van der Waals surface area (Å²) in [7, 11) is 0. The molecule has 0 saturated heterocycles. The number of hydrogen-bond acceptors (Lipinski definition) is 5. The third-order valence-corrected chi connectivity index (χ3v) is 6.01. The Balaban J connectivity index is 1.78. The molecular formula is C24H16Br2N2O5. The average Bonchev–Trinajstić information content (AvgIpc) is 2.78. The van der Waals surface area contributed by atoms with Gasteiger partial charge in [-0.05, 0) is 36.4 Å². The number of halogens is 2. The Morgan fingerprint density at radius 3 is 2.48 bits per heavy atom. The number of fused-ring (bicyclic) bond motifs is 1. The van der Waals surface area contributed by atoms with E-state index in [1.165, 1.54) is 24.1 Å². The van der Waals surface area contributed by atoms with Crippen LogP contribution in [-0.4, -0.2) is 29.2 Å². The average molecular weight is 572 g/mol. The fraction of sp³-hybridized carbons (Fsp3) is 0.0833. The maximum Gasteiger partial charge on any atom is 0.342 e. The number of rotatable bonds is 4. The first-order valence-corrected chi connectivity index (χ1v) is 11.3. The first-order chi connectivity index (χ1) is 15.8. The molecule has 3 aromatic carbocycles. The van der Waals surface area contributed by atoms with Crippen molar-refractivity contribution >= 4 is 67.3 Å². The second-order valence-corrected chi connectivity index (χ2v) is 8.99. The standard InChI is InChI=1S/C24H16Br2N2O5/c1-13(29)28-21-9-7-16(26)11-19(21)24(32)33-22(28)17-5-3-2-4-14(17)12-27-20-8-6-15(25)10-18(20)23(30)31/h2-12,22H,1H3,(H,30,31). The molecule has 3 aromatic rings. The fourth-order valence-corrected chi connectivity index (χ4v) is 4.27. The highest BCUT2D eigenvalue weighted by molar-refractivity contribution is 9.10. The lowest BCUT2D eigenvalue weighted by molar-refractivity contribution is -0.118. The monoisotopic (exact) mass is 570 g/mol. The molecule has 33 heavy (non-hydrogen) atoms. The molecule has 0 radical (unpaired) electrons. The lowest BCUT2D eigenvalue weighted by Gasteiger charge is -2.36. The number of carbonyl (C=O) groups excluding carboxylic acids is 2. The van der Waals surface area contributed by atoms with Gasteiger partial charge in [-0.25, -0.2) is 9.59 Å². The van der Waals surface area contributed by atoms with Crippen LogP contribution >= 0.6 is 31.9 Å².